The minimum atomic E-state index is -0.843. The smallest absolute Gasteiger partial charge is 0.330 e. The van der Waals surface area contributed by atoms with Crippen LogP contribution in [0.3, 0.4) is 0 Å². The Bertz CT molecular complexity index is 860. The molecule has 2 N–H and O–H groups in total. The van der Waals surface area contributed by atoms with Crippen LogP contribution in [0.15, 0.2) is 24.3 Å². The van der Waals surface area contributed by atoms with E-state index in [0.717, 1.165) is 0 Å². The molecule has 216 valence electrons. The van der Waals surface area contributed by atoms with Crippen LogP contribution in [-0.2, 0) is 28.5 Å². The van der Waals surface area contributed by atoms with Gasteiger partial charge in [0.15, 0.2) is 12.1 Å². The Morgan fingerprint density at radius 3 is 2.39 bits per heavy atom. The molecule has 2 fully saturated rings. The van der Waals surface area contributed by atoms with E-state index in [4.69, 9.17) is 18.9 Å². The average molecular weight is 538 g/mol. The van der Waals surface area contributed by atoms with Crippen molar-refractivity contribution in [3.63, 3.8) is 0 Å². The quantitative estimate of drug-likeness (QED) is 0.403. The molecule has 0 aromatic rings. The molecular weight excluding hydrogens is 490 g/mol. The maximum atomic E-state index is 12.9. The molecule has 0 aliphatic carbocycles. The lowest BCUT2D eigenvalue weighted by atomic mass is 9.84. The molecular formula is C29H47NO8. The van der Waals surface area contributed by atoms with E-state index in [1.807, 2.05) is 53.6 Å². The monoisotopic (exact) mass is 537 g/mol. The second-order valence-corrected chi connectivity index (χ2v) is 11.6. The molecule has 3 aliphatic heterocycles. The van der Waals surface area contributed by atoms with Crippen molar-refractivity contribution in [3.05, 3.63) is 24.3 Å². The standard InChI is InChI=1S/C29H47NO8/c1-8-23-20(15-31)28-24(37-28)11-10-22(32)17(3)13-18(4)27(16(2)9-12-25(33)36-23)38-29-26(34)21(30(6)7)14-19(5)35-29/h9-12,16-21,23-24,26-29,31,34H,8,13-15H2,1-7H3/t16-,17-,18-,19-,20+,21?,23-,24+,26?,27-,28-,29+/m1/s1. The number of ether oxygens (including phenoxy) is 4. The lowest BCUT2D eigenvalue weighted by molar-refractivity contribution is -0.277. The summed E-state index contributed by atoms with van der Waals surface area (Å²) in [5.41, 5.74) is 0. The Labute approximate surface area is 227 Å². The fourth-order valence-electron chi connectivity index (χ4n) is 5.82. The Morgan fingerprint density at radius 1 is 1.05 bits per heavy atom. The minimum absolute atomic E-state index is 0.00518. The third-order valence-corrected chi connectivity index (χ3v) is 8.19. The number of esters is 1. The van der Waals surface area contributed by atoms with E-state index >= 15 is 0 Å². The van der Waals surface area contributed by atoms with Crippen molar-refractivity contribution in [1.82, 2.24) is 4.90 Å². The number of carbonyl (C=O) groups is 2. The Balaban J connectivity index is 1.86. The first-order chi connectivity index (χ1) is 18.0. The van der Waals surface area contributed by atoms with Gasteiger partial charge in [-0.1, -0.05) is 33.8 Å². The molecule has 0 radical (unpaired) electrons. The molecule has 3 heterocycles. The summed E-state index contributed by atoms with van der Waals surface area (Å²) in [5.74, 6) is -1.46. The fraction of sp³-hybridized carbons (Fsp3) is 0.793. The van der Waals surface area contributed by atoms with Gasteiger partial charge in [-0.3, -0.25) is 4.79 Å². The van der Waals surface area contributed by atoms with Crippen molar-refractivity contribution in [2.24, 2.45) is 23.7 Å². The highest BCUT2D eigenvalue weighted by Crippen LogP contribution is 2.35. The summed E-state index contributed by atoms with van der Waals surface area (Å²) in [6.07, 6.45) is 4.92. The van der Waals surface area contributed by atoms with Crippen LogP contribution >= 0.6 is 0 Å². The zero-order valence-corrected chi connectivity index (χ0v) is 23.9. The SMILES string of the molecule is CC[C@H]1OC(=O)C=C[C@@H](C)[C@@H](O[C@@H]2O[C@H](C)CC(N(C)C)C2O)[C@H](C)C[C@@H](C)C(=O)C=C[C@@H]2O[C@@H]2[C@H]1CO. The van der Waals surface area contributed by atoms with Gasteiger partial charge in [0.2, 0.25) is 0 Å². The number of ketones is 1. The van der Waals surface area contributed by atoms with Gasteiger partial charge in [-0.15, -0.1) is 0 Å². The number of rotatable bonds is 5. The third-order valence-electron chi connectivity index (χ3n) is 8.19. The van der Waals surface area contributed by atoms with Gasteiger partial charge in [-0.2, -0.15) is 0 Å². The molecule has 12 atom stereocenters. The van der Waals surface area contributed by atoms with Gasteiger partial charge in [0.1, 0.15) is 18.3 Å². The van der Waals surface area contributed by atoms with Gasteiger partial charge in [-0.05, 0) is 58.4 Å². The summed E-state index contributed by atoms with van der Waals surface area (Å²) in [4.78, 5) is 27.7. The zero-order chi connectivity index (χ0) is 28.1. The predicted octanol–water partition coefficient (Wildman–Crippen LogP) is 2.49. The van der Waals surface area contributed by atoms with Crippen LogP contribution in [0.2, 0.25) is 0 Å². The number of cyclic esters (lactones) is 1. The molecule has 2 saturated heterocycles. The summed E-state index contributed by atoms with van der Waals surface area (Å²) in [7, 11) is 3.85. The minimum Gasteiger partial charge on any atom is -0.459 e. The van der Waals surface area contributed by atoms with Gasteiger partial charge < -0.3 is 34.1 Å². The average Bonchev–Trinajstić information content (AvgIpc) is 3.63. The highest BCUT2D eigenvalue weighted by atomic mass is 16.7. The van der Waals surface area contributed by atoms with E-state index in [1.165, 1.54) is 6.08 Å². The molecule has 0 aromatic heterocycles. The Hall–Kier alpha value is -1.62. The van der Waals surface area contributed by atoms with Crippen molar-refractivity contribution < 1.29 is 38.7 Å². The second-order valence-electron chi connectivity index (χ2n) is 11.6. The molecule has 0 bridgehead atoms. The maximum absolute atomic E-state index is 12.9. The van der Waals surface area contributed by atoms with E-state index in [1.54, 1.807) is 18.2 Å². The third kappa shape index (κ3) is 7.73. The van der Waals surface area contributed by atoms with Gasteiger partial charge in [0.05, 0.1) is 24.9 Å². The summed E-state index contributed by atoms with van der Waals surface area (Å²) >= 11 is 0. The molecule has 3 aliphatic rings. The molecule has 0 saturated carbocycles. The second kappa shape index (κ2) is 13.6. The molecule has 0 aromatic carbocycles. The topological polar surface area (TPSA) is 118 Å². The van der Waals surface area contributed by atoms with Crippen molar-refractivity contribution >= 4 is 11.8 Å². The largest absolute Gasteiger partial charge is 0.459 e. The predicted molar refractivity (Wildman–Crippen MR) is 142 cm³/mol. The van der Waals surface area contributed by atoms with Gasteiger partial charge in [0.25, 0.3) is 0 Å². The van der Waals surface area contributed by atoms with E-state index in [-0.39, 0.29) is 60.4 Å². The zero-order valence-electron chi connectivity index (χ0n) is 23.9. The normalized spacial score (nSPS) is 43.1. The summed E-state index contributed by atoms with van der Waals surface area (Å²) < 4.78 is 23.9. The van der Waals surface area contributed by atoms with Gasteiger partial charge in [-0.25, -0.2) is 4.79 Å². The fourth-order valence-corrected chi connectivity index (χ4v) is 5.82. The number of likely N-dealkylation sites (N-methyl/N-ethyl adjacent to an activating group) is 1. The number of hydrogen-bond acceptors (Lipinski definition) is 9. The molecule has 0 spiro atoms. The summed E-state index contributed by atoms with van der Waals surface area (Å²) in [6, 6.07) is -0.115. The number of fused-ring (bicyclic) bond motifs is 1. The van der Waals surface area contributed by atoms with Crippen molar-refractivity contribution in [1.29, 1.82) is 0 Å². The summed E-state index contributed by atoms with van der Waals surface area (Å²) in [6.45, 7) is 9.53. The van der Waals surface area contributed by atoms with Crippen LogP contribution in [0, 0.1) is 23.7 Å². The van der Waals surface area contributed by atoms with Crippen LogP contribution in [-0.4, -0.2) is 96.5 Å². The van der Waals surface area contributed by atoms with Gasteiger partial charge in [0, 0.05) is 29.9 Å². The first-order valence-electron chi connectivity index (χ1n) is 14.0. The van der Waals surface area contributed by atoms with Crippen LogP contribution in [0.5, 0.6) is 0 Å². The number of epoxide rings is 1. The lowest BCUT2D eigenvalue weighted by Crippen LogP contribution is -2.55. The van der Waals surface area contributed by atoms with E-state index in [9.17, 15) is 19.8 Å². The first-order valence-corrected chi connectivity index (χ1v) is 14.0. The molecule has 38 heavy (non-hydrogen) atoms. The van der Waals surface area contributed by atoms with Crippen LogP contribution in [0.4, 0.5) is 0 Å². The number of carbonyl (C=O) groups excluding carboxylic acids is 2. The molecule has 2 unspecified atom stereocenters. The molecule has 3 rings (SSSR count). The van der Waals surface area contributed by atoms with Crippen molar-refractivity contribution in [2.75, 3.05) is 20.7 Å². The molecule has 9 heteroatoms. The van der Waals surface area contributed by atoms with E-state index in [2.05, 4.69) is 0 Å². The maximum Gasteiger partial charge on any atom is 0.330 e. The number of aliphatic hydroxyl groups excluding tert-OH is 2. The number of nitrogens with zero attached hydrogens (tertiary/aromatic N) is 1. The number of hydrogen-bond donors (Lipinski definition) is 2. The number of allylic oxidation sites excluding steroid dienone is 1. The van der Waals surface area contributed by atoms with Crippen LogP contribution in [0.25, 0.3) is 0 Å². The Morgan fingerprint density at radius 2 is 1.76 bits per heavy atom. The molecule has 9 nitrogen and oxygen atoms in total. The highest BCUT2D eigenvalue weighted by molar-refractivity contribution is 5.91. The van der Waals surface area contributed by atoms with Crippen LogP contribution in [0.1, 0.15) is 53.9 Å². The van der Waals surface area contributed by atoms with Gasteiger partial charge >= 0.3 is 5.97 Å². The number of aliphatic hydroxyl groups is 2. The van der Waals surface area contributed by atoms with E-state index < -0.39 is 30.6 Å². The van der Waals surface area contributed by atoms with Crippen molar-refractivity contribution in [2.45, 2.75) is 103 Å². The van der Waals surface area contributed by atoms with Crippen LogP contribution < -0.4 is 0 Å². The first kappa shape index (κ1) is 30.9. The lowest BCUT2D eigenvalue weighted by Gasteiger charge is -2.43. The van der Waals surface area contributed by atoms with Crippen molar-refractivity contribution in [3.8, 4) is 0 Å². The Kier molecular flexibility index (Phi) is 11.1. The van der Waals surface area contributed by atoms with E-state index in [0.29, 0.717) is 19.3 Å². The summed E-state index contributed by atoms with van der Waals surface area (Å²) in [5, 5.41) is 21.0. The highest BCUT2D eigenvalue weighted by Gasteiger charge is 2.47. The molecule has 0 amide bonds.